The molecule has 2 aromatic heterocycles. The summed E-state index contributed by atoms with van der Waals surface area (Å²) in [7, 11) is 0. The maximum Gasteiger partial charge on any atom is 0.213 e. The molecule has 12 heavy (non-hydrogen) atoms. The van der Waals surface area contributed by atoms with Crippen LogP contribution in [0.4, 0.5) is 0 Å². The van der Waals surface area contributed by atoms with Crippen LogP contribution in [0, 0.1) is 13.8 Å². The zero-order valence-electron chi connectivity index (χ0n) is 7.41. The van der Waals surface area contributed by atoms with E-state index in [1.807, 2.05) is 6.07 Å². The minimum Gasteiger partial charge on any atom is -0.167 e. The molecule has 0 amide bonds. The minimum atomic E-state index is 1.29. The van der Waals surface area contributed by atoms with Crippen molar-refractivity contribution in [2.24, 2.45) is 0 Å². The van der Waals surface area contributed by atoms with Crippen LogP contribution in [0.2, 0.25) is 0 Å². The molecule has 0 aromatic carbocycles. The molecule has 0 bridgehead atoms. The summed E-state index contributed by atoms with van der Waals surface area (Å²) in [5.74, 6) is 0. The van der Waals surface area contributed by atoms with E-state index >= 15 is 0 Å². The molecule has 0 aliphatic rings. The molecule has 0 saturated carbocycles. The molecule has 1 nitrogen and oxygen atoms in total. The summed E-state index contributed by atoms with van der Waals surface area (Å²) in [4.78, 5) is 0. The third-order valence-electron chi connectivity index (χ3n) is 2.35. The van der Waals surface area contributed by atoms with E-state index in [0.717, 1.165) is 0 Å². The van der Waals surface area contributed by atoms with Gasteiger partial charge in [-0.05, 0) is 25.5 Å². The van der Waals surface area contributed by atoms with Gasteiger partial charge in [0.1, 0.15) is 0 Å². The first-order valence-corrected chi connectivity index (χ1v) is 4.15. The molecular formula is C11H12N+. The first-order chi connectivity index (χ1) is 5.79. The topological polar surface area (TPSA) is 4.10 Å². The minimum absolute atomic E-state index is 1.29. The lowest BCUT2D eigenvalue weighted by Crippen LogP contribution is -2.21. The van der Waals surface area contributed by atoms with Crippen LogP contribution < -0.4 is 4.40 Å². The van der Waals surface area contributed by atoms with Crippen molar-refractivity contribution in [1.82, 2.24) is 0 Å². The third kappa shape index (κ3) is 0.981. The van der Waals surface area contributed by atoms with Crippen molar-refractivity contribution >= 4 is 5.52 Å². The van der Waals surface area contributed by atoms with E-state index in [4.69, 9.17) is 0 Å². The molecule has 0 radical (unpaired) electrons. The second-order valence-electron chi connectivity index (χ2n) is 3.12. The van der Waals surface area contributed by atoms with Gasteiger partial charge in [-0.3, -0.25) is 0 Å². The number of rotatable bonds is 0. The Morgan fingerprint density at radius 1 is 1.00 bits per heavy atom. The van der Waals surface area contributed by atoms with E-state index in [2.05, 4.69) is 48.8 Å². The number of nitrogens with zero attached hydrogens (tertiary/aromatic N) is 1. The van der Waals surface area contributed by atoms with Gasteiger partial charge in [0.05, 0.1) is 0 Å². The maximum absolute atomic E-state index is 2.16. The van der Waals surface area contributed by atoms with Gasteiger partial charge in [-0.2, -0.15) is 4.40 Å². The smallest absolute Gasteiger partial charge is 0.167 e. The monoisotopic (exact) mass is 158 g/mol. The Kier molecular flexibility index (Phi) is 1.58. The molecular weight excluding hydrogens is 146 g/mol. The molecule has 0 unspecified atom stereocenters. The zero-order valence-corrected chi connectivity index (χ0v) is 7.41. The van der Waals surface area contributed by atoms with Gasteiger partial charge in [0.2, 0.25) is 5.52 Å². The summed E-state index contributed by atoms with van der Waals surface area (Å²) in [6, 6.07) is 8.40. The first-order valence-electron chi connectivity index (χ1n) is 4.15. The summed E-state index contributed by atoms with van der Waals surface area (Å²) >= 11 is 0. The van der Waals surface area contributed by atoms with E-state index < -0.39 is 0 Å². The molecule has 0 atom stereocenters. The highest BCUT2D eigenvalue weighted by atomic mass is 14.8. The van der Waals surface area contributed by atoms with Crippen molar-refractivity contribution in [3.63, 3.8) is 0 Å². The average Bonchev–Trinajstić information content (AvgIpc) is 2.12. The van der Waals surface area contributed by atoms with Gasteiger partial charge in [0, 0.05) is 23.8 Å². The number of fused-ring (bicyclic) bond motifs is 1. The molecule has 0 fully saturated rings. The van der Waals surface area contributed by atoms with Crippen molar-refractivity contribution in [3.8, 4) is 0 Å². The SMILES string of the molecule is Cc1cc[n+]2ccccc2c1C. The van der Waals surface area contributed by atoms with E-state index in [-0.39, 0.29) is 0 Å². The van der Waals surface area contributed by atoms with Gasteiger partial charge in [0.15, 0.2) is 12.4 Å². The van der Waals surface area contributed by atoms with Crippen LogP contribution in [0.5, 0.6) is 0 Å². The predicted molar refractivity (Wildman–Crippen MR) is 49.1 cm³/mol. The van der Waals surface area contributed by atoms with Crippen LogP contribution in [0.25, 0.3) is 5.52 Å². The number of aryl methyl sites for hydroxylation is 2. The van der Waals surface area contributed by atoms with Gasteiger partial charge in [-0.25, -0.2) is 0 Å². The number of aromatic nitrogens is 1. The maximum atomic E-state index is 2.16. The molecule has 0 aliphatic heterocycles. The quantitative estimate of drug-likeness (QED) is 0.517. The summed E-state index contributed by atoms with van der Waals surface area (Å²) in [6.45, 7) is 4.30. The molecule has 0 aliphatic carbocycles. The summed E-state index contributed by atoms with van der Waals surface area (Å²) in [5, 5.41) is 0. The highest BCUT2D eigenvalue weighted by Crippen LogP contribution is 2.08. The van der Waals surface area contributed by atoms with Crippen LogP contribution in [-0.2, 0) is 0 Å². The van der Waals surface area contributed by atoms with E-state index in [1.165, 1.54) is 16.6 Å². The van der Waals surface area contributed by atoms with E-state index in [9.17, 15) is 0 Å². The van der Waals surface area contributed by atoms with Crippen LogP contribution in [0.15, 0.2) is 36.7 Å². The van der Waals surface area contributed by atoms with E-state index in [0.29, 0.717) is 0 Å². The fraction of sp³-hybridized carbons (Fsp3) is 0.182. The van der Waals surface area contributed by atoms with Gasteiger partial charge < -0.3 is 0 Å². The lowest BCUT2D eigenvalue weighted by atomic mass is 10.1. The molecule has 1 heteroatoms. The first kappa shape index (κ1) is 7.29. The predicted octanol–water partition coefficient (Wildman–Crippen LogP) is 2.04. The van der Waals surface area contributed by atoms with Gasteiger partial charge in [-0.15, -0.1) is 0 Å². The van der Waals surface area contributed by atoms with Gasteiger partial charge in [0.25, 0.3) is 0 Å². The third-order valence-corrected chi connectivity index (χ3v) is 2.35. The summed E-state index contributed by atoms with van der Waals surface area (Å²) in [5.41, 5.74) is 4.00. The molecule has 60 valence electrons. The number of pyridine rings is 2. The van der Waals surface area contributed by atoms with Crippen molar-refractivity contribution < 1.29 is 4.40 Å². The van der Waals surface area contributed by atoms with Crippen molar-refractivity contribution in [2.75, 3.05) is 0 Å². The van der Waals surface area contributed by atoms with Crippen LogP contribution in [0.1, 0.15) is 11.1 Å². The lowest BCUT2D eigenvalue weighted by Gasteiger charge is -1.97. The van der Waals surface area contributed by atoms with Gasteiger partial charge in [-0.1, -0.05) is 0 Å². The summed E-state index contributed by atoms with van der Waals surface area (Å²) in [6.07, 6.45) is 4.17. The lowest BCUT2D eigenvalue weighted by molar-refractivity contribution is -0.512. The Labute approximate surface area is 72.3 Å². The van der Waals surface area contributed by atoms with Crippen molar-refractivity contribution in [2.45, 2.75) is 13.8 Å². The fourth-order valence-corrected chi connectivity index (χ4v) is 1.42. The van der Waals surface area contributed by atoms with Crippen LogP contribution in [-0.4, -0.2) is 0 Å². The van der Waals surface area contributed by atoms with Crippen LogP contribution >= 0.6 is 0 Å². The van der Waals surface area contributed by atoms with E-state index in [1.54, 1.807) is 0 Å². The highest BCUT2D eigenvalue weighted by molar-refractivity contribution is 5.49. The second-order valence-corrected chi connectivity index (χ2v) is 3.12. The van der Waals surface area contributed by atoms with Crippen molar-refractivity contribution in [3.05, 3.63) is 47.8 Å². The van der Waals surface area contributed by atoms with Gasteiger partial charge >= 0.3 is 0 Å². The Bertz CT molecular complexity index is 418. The average molecular weight is 158 g/mol. The summed E-state index contributed by atoms with van der Waals surface area (Å²) < 4.78 is 2.14. The normalized spacial score (nSPS) is 10.5. The Morgan fingerprint density at radius 3 is 2.67 bits per heavy atom. The largest absolute Gasteiger partial charge is 0.213 e. The fourth-order valence-electron chi connectivity index (χ4n) is 1.42. The Morgan fingerprint density at radius 2 is 1.83 bits per heavy atom. The second kappa shape index (κ2) is 2.59. The highest BCUT2D eigenvalue weighted by Gasteiger charge is 2.04. The zero-order chi connectivity index (χ0) is 8.55. The number of hydrogen-bond acceptors (Lipinski definition) is 0. The molecule has 2 rings (SSSR count). The Hall–Kier alpha value is -1.37. The molecule has 2 aromatic rings. The van der Waals surface area contributed by atoms with Crippen LogP contribution in [0.3, 0.4) is 0 Å². The molecule has 0 spiro atoms. The van der Waals surface area contributed by atoms with Crippen molar-refractivity contribution in [1.29, 1.82) is 0 Å². The molecule has 0 saturated heterocycles. The number of hydrogen-bond donors (Lipinski definition) is 0. The molecule has 2 heterocycles. The Balaban J connectivity index is 2.91. The molecule has 0 N–H and O–H groups in total. The standard InChI is InChI=1S/C11H12N/c1-9-6-8-12-7-4-3-5-11(12)10(9)2/h3-8H,1-2H3/q+1.